The van der Waals surface area contributed by atoms with Crippen molar-refractivity contribution in [3.8, 4) is 0 Å². The number of nitrogens with one attached hydrogen (secondary N) is 1. The Bertz CT molecular complexity index is 410. The summed E-state index contributed by atoms with van der Waals surface area (Å²) >= 11 is 3.29. The Morgan fingerprint density at radius 1 is 1.56 bits per heavy atom. The minimum absolute atomic E-state index is 0.0262. The van der Waals surface area contributed by atoms with Gasteiger partial charge in [0.15, 0.2) is 0 Å². The summed E-state index contributed by atoms with van der Waals surface area (Å²) in [5.74, 6) is -0.286. The number of benzene rings is 1. The first kappa shape index (κ1) is 15.1. The molecular formula is C13H18BrFN2O. The zero-order valence-electron chi connectivity index (χ0n) is 10.4. The van der Waals surface area contributed by atoms with E-state index in [-0.39, 0.29) is 17.8 Å². The fraction of sp³-hybridized carbons (Fsp3) is 0.462. The first-order valence-electron chi connectivity index (χ1n) is 5.95. The molecule has 100 valence electrons. The molecule has 0 heterocycles. The van der Waals surface area contributed by atoms with Gasteiger partial charge in [-0.2, -0.15) is 0 Å². The van der Waals surface area contributed by atoms with Gasteiger partial charge in [0.2, 0.25) is 5.91 Å². The second-order valence-corrected chi connectivity index (χ2v) is 5.27. The lowest BCUT2D eigenvalue weighted by atomic mass is 10.1. The van der Waals surface area contributed by atoms with E-state index in [0.717, 1.165) is 4.47 Å². The van der Waals surface area contributed by atoms with Crippen LogP contribution in [-0.4, -0.2) is 18.5 Å². The van der Waals surface area contributed by atoms with Gasteiger partial charge in [-0.15, -0.1) is 0 Å². The number of nitrogens with two attached hydrogens (primary N) is 1. The molecule has 1 aromatic carbocycles. The maximum absolute atomic E-state index is 13.4. The zero-order chi connectivity index (χ0) is 13.5. The molecule has 1 atom stereocenters. The topological polar surface area (TPSA) is 55.1 Å². The van der Waals surface area contributed by atoms with Crippen molar-refractivity contribution in [2.24, 2.45) is 5.73 Å². The minimum Gasteiger partial charge on any atom is -0.356 e. The number of carbonyl (C=O) groups excluding carboxylic acids is 1. The summed E-state index contributed by atoms with van der Waals surface area (Å²) in [7, 11) is 0. The third kappa shape index (κ3) is 5.60. The molecule has 0 aromatic heterocycles. The van der Waals surface area contributed by atoms with Crippen LogP contribution >= 0.6 is 15.9 Å². The molecule has 0 bridgehead atoms. The Labute approximate surface area is 115 Å². The molecule has 3 nitrogen and oxygen atoms in total. The van der Waals surface area contributed by atoms with Gasteiger partial charge in [0.05, 0.1) is 0 Å². The summed E-state index contributed by atoms with van der Waals surface area (Å²) < 4.78 is 14.2. The van der Waals surface area contributed by atoms with Crippen LogP contribution in [0, 0.1) is 5.82 Å². The molecule has 0 aliphatic heterocycles. The van der Waals surface area contributed by atoms with Crippen LogP contribution in [-0.2, 0) is 11.2 Å². The molecule has 0 aliphatic carbocycles. The number of amides is 1. The Morgan fingerprint density at radius 2 is 2.28 bits per heavy atom. The maximum atomic E-state index is 13.4. The standard InChI is InChI=1S/C13H18BrFN2O/c1-9(16)2-5-13(18)17-7-6-10-8-11(14)3-4-12(10)15/h3-4,8-9H,2,5-7,16H2,1H3,(H,17,18). The van der Waals surface area contributed by atoms with Crippen LogP contribution in [0.25, 0.3) is 0 Å². The predicted octanol–water partition coefficient (Wildman–Crippen LogP) is 2.37. The largest absolute Gasteiger partial charge is 0.356 e. The van der Waals surface area contributed by atoms with E-state index in [4.69, 9.17) is 5.73 Å². The van der Waals surface area contributed by atoms with Crippen molar-refractivity contribution in [2.45, 2.75) is 32.2 Å². The molecule has 0 saturated carbocycles. The van der Waals surface area contributed by atoms with Gasteiger partial charge in [-0.25, -0.2) is 4.39 Å². The summed E-state index contributed by atoms with van der Waals surface area (Å²) in [5, 5.41) is 2.76. The highest BCUT2D eigenvalue weighted by Gasteiger charge is 2.05. The molecular weight excluding hydrogens is 299 g/mol. The molecule has 1 unspecified atom stereocenters. The lowest BCUT2D eigenvalue weighted by Gasteiger charge is -2.08. The number of carbonyl (C=O) groups is 1. The summed E-state index contributed by atoms with van der Waals surface area (Å²) in [6.07, 6.45) is 1.56. The van der Waals surface area contributed by atoms with E-state index in [9.17, 15) is 9.18 Å². The third-order valence-electron chi connectivity index (χ3n) is 2.55. The van der Waals surface area contributed by atoms with Crippen molar-refractivity contribution < 1.29 is 9.18 Å². The van der Waals surface area contributed by atoms with E-state index in [0.29, 0.717) is 31.4 Å². The molecule has 1 rings (SSSR count). The lowest BCUT2D eigenvalue weighted by Crippen LogP contribution is -2.27. The van der Waals surface area contributed by atoms with Crippen molar-refractivity contribution in [2.75, 3.05) is 6.54 Å². The first-order chi connectivity index (χ1) is 8.49. The van der Waals surface area contributed by atoms with Gasteiger partial charge >= 0.3 is 0 Å². The van der Waals surface area contributed by atoms with Crippen LogP contribution in [0.3, 0.4) is 0 Å². The van der Waals surface area contributed by atoms with Gasteiger partial charge in [0, 0.05) is 23.5 Å². The third-order valence-corrected chi connectivity index (χ3v) is 3.04. The number of halogens is 2. The molecule has 18 heavy (non-hydrogen) atoms. The Hall–Kier alpha value is -0.940. The molecule has 1 amide bonds. The van der Waals surface area contributed by atoms with Gasteiger partial charge in [0.25, 0.3) is 0 Å². The monoisotopic (exact) mass is 316 g/mol. The normalized spacial score (nSPS) is 12.2. The van der Waals surface area contributed by atoms with E-state index in [1.54, 1.807) is 12.1 Å². The quantitative estimate of drug-likeness (QED) is 0.846. The lowest BCUT2D eigenvalue weighted by molar-refractivity contribution is -0.121. The summed E-state index contributed by atoms with van der Waals surface area (Å²) in [6.45, 7) is 2.30. The smallest absolute Gasteiger partial charge is 0.220 e. The van der Waals surface area contributed by atoms with Crippen LogP contribution in [0.2, 0.25) is 0 Å². The van der Waals surface area contributed by atoms with Crippen LogP contribution in [0.5, 0.6) is 0 Å². The van der Waals surface area contributed by atoms with Gasteiger partial charge in [-0.1, -0.05) is 15.9 Å². The minimum atomic E-state index is -0.247. The van der Waals surface area contributed by atoms with E-state index in [2.05, 4.69) is 21.2 Å². The van der Waals surface area contributed by atoms with Crippen LogP contribution < -0.4 is 11.1 Å². The fourth-order valence-corrected chi connectivity index (χ4v) is 1.93. The number of rotatable bonds is 6. The van der Waals surface area contributed by atoms with Crippen LogP contribution in [0.1, 0.15) is 25.3 Å². The second kappa shape index (κ2) is 7.48. The van der Waals surface area contributed by atoms with Crippen molar-refractivity contribution >= 4 is 21.8 Å². The highest BCUT2D eigenvalue weighted by molar-refractivity contribution is 9.10. The van der Waals surface area contributed by atoms with Gasteiger partial charge in [0.1, 0.15) is 5.82 Å². The summed E-state index contributed by atoms with van der Waals surface area (Å²) in [5.41, 5.74) is 6.16. The molecule has 3 N–H and O–H groups in total. The SMILES string of the molecule is CC(N)CCC(=O)NCCc1cc(Br)ccc1F. The van der Waals surface area contributed by atoms with Crippen molar-refractivity contribution in [3.05, 3.63) is 34.1 Å². The number of hydrogen-bond donors (Lipinski definition) is 2. The highest BCUT2D eigenvalue weighted by Crippen LogP contribution is 2.15. The molecule has 0 fully saturated rings. The summed E-state index contributed by atoms with van der Waals surface area (Å²) in [6, 6.07) is 4.82. The fourth-order valence-electron chi connectivity index (χ4n) is 1.52. The average molecular weight is 317 g/mol. The second-order valence-electron chi connectivity index (χ2n) is 4.35. The van der Waals surface area contributed by atoms with Gasteiger partial charge < -0.3 is 11.1 Å². The first-order valence-corrected chi connectivity index (χ1v) is 6.74. The molecule has 1 aromatic rings. The average Bonchev–Trinajstić information content (AvgIpc) is 2.31. The van der Waals surface area contributed by atoms with Crippen molar-refractivity contribution in [1.82, 2.24) is 5.32 Å². The Balaban J connectivity index is 2.33. The van der Waals surface area contributed by atoms with E-state index >= 15 is 0 Å². The summed E-state index contributed by atoms with van der Waals surface area (Å²) in [4.78, 5) is 11.4. The van der Waals surface area contributed by atoms with Crippen molar-refractivity contribution in [3.63, 3.8) is 0 Å². The molecule has 5 heteroatoms. The Morgan fingerprint density at radius 3 is 2.94 bits per heavy atom. The van der Waals surface area contributed by atoms with E-state index in [1.807, 2.05) is 6.92 Å². The molecule has 0 saturated heterocycles. The number of hydrogen-bond acceptors (Lipinski definition) is 2. The maximum Gasteiger partial charge on any atom is 0.220 e. The highest BCUT2D eigenvalue weighted by atomic mass is 79.9. The van der Waals surface area contributed by atoms with Gasteiger partial charge in [-0.3, -0.25) is 4.79 Å². The van der Waals surface area contributed by atoms with E-state index < -0.39 is 0 Å². The Kier molecular flexibility index (Phi) is 6.29. The van der Waals surface area contributed by atoms with Crippen LogP contribution in [0.15, 0.2) is 22.7 Å². The molecule has 0 radical (unpaired) electrons. The van der Waals surface area contributed by atoms with E-state index in [1.165, 1.54) is 6.07 Å². The molecule has 0 spiro atoms. The predicted molar refractivity (Wildman–Crippen MR) is 73.7 cm³/mol. The molecule has 0 aliphatic rings. The zero-order valence-corrected chi connectivity index (χ0v) is 12.0. The van der Waals surface area contributed by atoms with Crippen molar-refractivity contribution in [1.29, 1.82) is 0 Å². The van der Waals surface area contributed by atoms with Crippen LogP contribution in [0.4, 0.5) is 4.39 Å². The van der Waals surface area contributed by atoms with Gasteiger partial charge in [-0.05, 0) is 43.5 Å².